The van der Waals surface area contributed by atoms with Gasteiger partial charge in [0.05, 0.1) is 19.4 Å². The Balaban J connectivity index is 1.92. The van der Waals surface area contributed by atoms with E-state index in [9.17, 15) is 0 Å². The minimum atomic E-state index is 0.575. The molecule has 0 spiro atoms. The number of guanidine groups is 1. The zero-order chi connectivity index (χ0) is 15.8. The fraction of sp³-hybridized carbons (Fsp3) is 0.312. The van der Waals surface area contributed by atoms with Crippen LogP contribution in [-0.2, 0) is 13.1 Å². The quantitative estimate of drug-likeness (QED) is 0.633. The highest BCUT2D eigenvalue weighted by Gasteiger charge is 2.06. The molecule has 0 aliphatic rings. The maximum Gasteiger partial charge on any atom is 0.191 e. The largest absolute Gasteiger partial charge is 0.493 e. The summed E-state index contributed by atoms with van der Waals surface area (Å²) >= 11 is 6.00. The Morgan fingerprint density at radius 1 is 1.27 bits per heavy atom. The van der Waals surface area contributed by atoms with Crippen molar-refractivity contribution in [1.29, 1.82) is 0 Å². The van der Waals surface area contributed by atoms with Crippen LogP contribution in [0.25, 0.3) is 0 Å². The van der Waals surface area contributed by atoms with E-state index in [1.165, 1.54) is 0 Å². The first kappa shape index (κ1) is 16.2. The standard InChI is InChI=1S/C16H20ClN3O2/c1-3-21-15-9-13(17)7-6-12(15)10-19-16(18-2)20-11-14-5-4-8-22-14/h4-9H,3,10-11H2,1-2H3,(H2,18,19,20). The lowest BCUT2D eigenvalue weighted by Crippen LogP contribution is -2.36. The average molecular weight is 322 g/mol. The third-order valence-corrected chi connectivity index (χ3v) is 3.24. The van der Waals surface area contributed by atoms with Crippen LogP contribution < -0.4 is 15.4 Å². The normalized spacial score (nSPS) is 11.3. The van der Waals surface area contributed by atoms with E-state index in [1.807, 2.05) is 37.3 Å². The predicted octanol–water partition coefficient (Wildman–Crippen LogP) is 3.20. The number of rotatable bonds is 6. The molecule has 1 aromatic carbocycles. The molecule has 5 nitrogen and oxygen atoms in total. The fourth-order valence-electron chi connectivity index (χ4n) is 1.95. The van der Waals surface area contributed by atoms with Gasteiger partial charge in [0.2, 0.25) is 0 Å². The molecule has 118 valence electrons. The molecule has 0 bridgehead atoms. The topological polar surface area (TPSA) is 58.8 Å². The van der Waals surface area contributed by atoms with Gasteiger partial charge >= 0.3 is 0 Å². The van der Waals surface area contributed by atoms with E-state index >= 15 is 0 Å². The number of ether oxygens (including phenoxy) is 1. The lowest BCUT2D eigenvalue weighted by Gasteiger charge is -2.14. The molecule has 1 heterocycles. The molecule has 0 fully saturated rings. The second kappa shape index (κ2) is 8.34. The van der Waals surface area contributed by atoms with Gasteiger partial charge in [-0.3, -0.25) is 4.99 Å². The number of halogens is 1. The van der Waals surface area contributed by atoms with Crippen LogP contribution in [0.5, 0.6) is 5.75 Å². The van der Waals surface area contributed by atoms with Gasteiger partial charge in [0.15, 0.2) is 5.96 Å². The highest BCUT2D eigenvalue weighted by Crippen LogP contribution is 2.23. The maximum absolute atomic E-state index is 6.00. The zero-order valence-corrected chi connectivity index (χ0v) is 13.5. The summed E-state index contributed by atoms with van der Waals surface area (Å²) in [6.45, 7) is 3.71. The van der Waals surface area contributed by atoms with Crippen molar-refractivity contribution < 1.29 is 9.15 Å². The first-order valence-corrected chi connectivity index (χ1v) is 7.49. The smallest absolute Gasteiger partial charge is 0.191 e. The minimum absolute atomic E-state index is 0.575. The van der Waals surface area contributed by atoms with E-state index in [1.54, 1.807) is 13.3 Å². The number of aliphatic imine (C=N–C) groups is 1. The van der Waals surface area contributed by atoms with Crippen molar-refractivity contribution in [3.05, 3.63) is 52.9 Å². The van der Waals surface area contributed by atoms with E-state index in [4.69, 9.17) is 20.8 Å². The minimum Gasteiger partial charge on any atom is -0.493 e. The molecule has 0 saturated heterocycles. The van der Waals surface area contributed by atoms with Gasteiger partial charge in [-0.1, -0.05) is 17.7 Å². The molecule has 0 aliphatic carbocycles. The third-order valence-electron chi connectivity index (χ3n) is 3.01. The van der Waals surface area contributed by atoms with Crippen LogP contribution in [0.15, 0.2) is 46.0 Å². The van der Waals surface area contributed by atoms with E-state index in [0.717, 1.165) is 17.1 Å². The van der Waals surface area contributed by atoms with Gasteiger partial charge in [0, 0.05) is 24.2 Å². The molecule has 0 aliphatic heterocycles. The summed E-state index contributed by atoms with van der Waals surface area (Å²) < 4.78 is 10.9. The van der Waals surface area contributed by atoms with E-state index < -0.39 is 0 Å². The van der Waals surface area contributed by atoms with Crippen molar-refractivity contribution in [3.63, 3.8) is 0 Å². The Morgan fingerprint density at radius 3 is 2.77 bits per heavy atom. The highest BCUT2D eigenvalue weighted by atomic mass is 35.5. The molecule has 0 saturated carbocycles. The van der Waals surface area contributed by atoms with Gasteiger partial charge < -0.3 is 19.8 Å². The lowest BCUT2D eigenvalue weighted by atomic mass is 10.2. The molecule has 2 aromatic rings. The first-order chi connectivity index (χ1) is 10.7. The van der Waals surface area contributed by atoms with E-state index in [-0.39, 0.29) is 0 Å². The molecule has 6 heteroatoms. The zero-order valence-electron chi connectivity index (χ0n) is 12.7. The van der Waals surface area contributed by atoms with Crippen molar-refractivity contribution in [2.24, 2.45) is 4.99 Å². The van der Waals surface area contributed by atoms with Crippen LogP contribution in [0.1, 0.15) is 18.2 Å². The summed E-state index contributed by atoms with van der Waals surface area (Å²) in [6, 6.07) is 9.38. The van der Waals surface area contributed by atoms with Crippen molar-refractivity contribution in [2.75, 3.05) is 13.7 Å². The molecule has 0 radical (unpaired) electrons. The Kier molecular flexibility index (Phi) is 6.15. The number of nitrogens with zero attached hydrogens (tertiary/aromatic N) is 1. The first-order valence-electron chi connectivity index (χ1n) is 7.11. The molecule has 0 unspecified atom stereocenters. The predicted molar refractivity (Wildman–Crippen MR) is 88.4 cm³/mol. The molecular weight excluding hydrogens is 302 g/mol. The van der Waals surface area contributed by atoms with E-state index in [2.05, 4.69) is 15.6 Å². The highest BCUT2D eigenvalue weighted by molar-refractivity contribution is 6.30. The van der Waals surface area contributed by atoms with Gasteiger partial charge in [-0.05, 0) is 31.2 Å². The summed E-state index contributed by atoms with van der Waals surface area (Å²) in [5.41, 5.74) is 1.02. The molecular formula is C16H20ClN3O2. The van der Waals surface area contributed by atoms with Gasteiger partial charge in [0.25, 0.3) is 0 Å². The van der Waals surface area contributed by atoms with Crippen molar-refractivity contribution in [1.82, 2.24) is 10.6 Å². The lowest BCUT2D eigenvalue weighted by molar-refractivity contribution is 0.336. The van der Waals surface area contributed by atoms with E-state index in [0.29, 0.717) is 30.7 Å². The van der Waals surface area contributed by atoms with Crippen molar-refractivity contribution in [2.45, 2.75) is 20.0 Å². The second-order valence-electron chi connectivity index (χ2n) is 4.54. The summed E-state index contributed by atoms with van der Waals surface area (Å²) in [5, 5.41) is 7.08. The summed E-state index contributed by atoms with van der Waals surface area (Å²) in [6.07, 6.45) is 1.65. The van der Waals surface area contributed by atoms with Crippen molar-refractivity contribution >= 4 is 17.6 Å². The van der Waals surface area contributed by atoms with Crippen LogP contribution in [0, 0.1) is 0 Å². The van der Waals surface area contributed by atoms with Crippen molar-refractivity contribution in [3.8, 4) is 5.75 Å². The second-order valence-corrected chi connectivity index (χ2v) is 4.98. The van der Waals surface area contributed by atoms with Crippen LogP contribution in [0.4, 0.5) is 0 Å². The molecule has 0 atom stereocenters. The van der Waals surface area contributed by atoms with Gasteiger partial charge in [-0.15, -0.1) is 0 Å². The third kappa shape index (κ3) is 4.70. The maximum atomic E-state index is 6.00. The van der Waals surface area contributed by atoms with Gasteiger partial charge in [-0.25, -0.2) is 0 Å². The fourth-order valence-corrected chi connectivity index (χ4v) is 2.11. The Hall–Kier alpha value is -2.14. The van der Waals surface area contributed by atoms with Crippen LogP contribution in [-0.4, -0.2) is 19.6 Å². The molecule has 0 amide bonds. The van der Waals surface area contributed by atoms with Gasteiger partial charge in [-0.2, -0.15) is 0 Å². The Bertz CT molecular complexity index is 612. The van der Waals surface area contributed by atoms with Gasteiger partial charge in [0.1, 0.15) is 11.5 Å². The number of furan rings is 1. The Labute approximate surface area is 135 Å². The van der Waals surface area contributed by atoms with Crippen LogP contribution in [0.2, 0.25) is 5.02 Å². The Morgan fingerprint density at radius 2 is 2.09 bits per heavy atom. The monoisotopic (exact) mass is 321 g/mol. The molecule has 22 heavy (non-hydrogen) atoms. The number of hydrogen-bond acceptors (Lipinski definition) is 3. The number of benzene rings is 1. The van der Waals surface area contributed by atoms with Crippen LogP contribution in [0.3, 0.4) is 0 Å². The molecule has 2 rings (SSSR count). The number of nitrogens with one attached hydrogen (secondary N) is 2. The molecule has 1 aromatic heterocycles. The number of hydrogen-bond donors (Lipinski definition) is 2. The molecule has 2 N–H and O–H groups in total. The van der Waals surface area contributed by atoms with Crippen LogP contribution >= 0.6 is 11.6 Å². The average Bonchev–Trinajstić information content (AvgIpc) is 3.03. The summed E-state index contributed by atoms with van der Waals surface area (Å²) in [7, 11) is 1.72. The summed E-state index contributed by atoms with van der Waals surface area (Å²) in [5.74, 6) is 2.32. The SMILES string of the molecule is CCOc1cc(Cl)ccc1CNC(=NC)NCc1ccco1. The summed E-state index contributed by atoms with van der Waals surface area (Å²) in [4.78, 5) is 4.18.